The van der Waals surface area contributed by atoms with Crippen molar-refractivity contribution < 1.29 is 14.3 Å². The predicted molar refractivity (Wildman–Crippen MR) is 161 cm³/mol. The molecule has 204 valence electrons. The van der Waals surface area contributed by atoms with E-state index in [1.165, 1.54) is 16.9 Å². The summed E-state index contributed by atoms with van der Waals surface area (Å²) in [5.74, 6) is 0.252. The van der Waals surface area contributed by atoms with Crippen LogP contribution in [0.1, 0.15) is 47.7 Å². The van der Waals surface area contributed by atoms with E-state index in [9.17, 15) is 9.59 Å². The molecule has 1 atom stereocenters. The van der Waals surface area contributed by atoms with Crippen LogP contribution in [-0.2, 0) is 16.1 Å². The lowest BCUT2D eigenvalue weighted by atomic mass is 9.95. The van der Waals surface area contributed by atoms with Crippen LogP contribution >= 0.6 is 27.3 Å². The standard InChI is InChI=1S/C32H29BrN2O4S/c1-5-38-31(37)28-21(4)34-32-35(29(28)24-13-8-20(3)9-14-24)30(36)27(40-32)17-23-12-15-26(25(33)16-23)39-18-22-10-6-19(2)7-11-22/h6-17,29H,5,18H2,1-4H3/b27-17+/t29-/m1/s1. The van der Waals surface area contributed by atoms with Crippen LogP contribution in [0.15, 0.2) is 92.3 Å². The number of rotatable bonds is 7. The number of hydrogen-bond acceptors (Lipinski definition) is 6. The highest BCUT2D eigenvalue weighted by Crippen LogP contribution is 2.31. The van der Waals surface area contributed by atoms with E-state index in [1.54, 1.807) is 18.4 Å². The van der Waals surface area contributed by atoms with E-state index in [0.717, 1.165) is 26.7 Å². The molecule has 1 aliphatic rings. The molecule has 5 rings (SSSR count). The zero-order valence-corrected chi connectivity index (χ0v) is 25.1. The van der Waals surface area contributed by atoms with Gasteiger partial charge in [-0.1, -0.05) is 77.1 Å². The average Bonchev–Trinajstić information content (AvgIpc) is 3.23. The van der Waals surface area contributed by atoms with Crippen molar-refractivity contribution >= 4 is 39.3 Å². The van der Waals surface area contributed by atoms with Crippen LogP contribution in [0, 0.1) is 13.8 Å². The smallest absolute Gasteiger partial charge is 0.338 e. The van der Waals surface area contributed by atoms with Gasteiger partial charge in [0.1, 0.15) is 12.4 Å². The summed E-state index contributed by atoms with van der Waals surface area (Å²) in [4.78, 5) is 32.0. The summed E-state index contributed by atoms with van der Waals surface area (Å²) >= 11 is 4.92. The van der Waals surface area contributed by atoms with Gasteiger partial charge in [-0.2, -0.15) is 0 Å². The molecule has 6 nitrogen and oxygen atoms in total. The van der Waals surface area contributed by atoms with Crippen LogP contribution in [0.3, 0.4) is 0 Å². The lowest BCUT2D eigenvalue weighted by molar-refractivity contribution is -0.139. The quantitative estimate of drug-likeness (QED) is 0.248. The number of aromatic nitrogens is 1. The molecule has 8 heteroatoms. The number of nitrogens with zero attached hydrogens (tertiary/aromatic N) is 2. The van der Waals surface area contributed by atoms with Crippen molar-refractivity contribution in [3.05, 3.63) is 130 Å². The van der Waals surface area contributed by atoms with E-state index in [0.29, 0.717) is 33.0 Å². The highest BCUT2D eigenvalue weighted by atomic mass is 79.9. The highest BCUT2D eigenvalue weighted by molar-refractivity contribution is 9.10. The number of esters is 1. The Kier molecular flexibility index (Phi) is 8.19. The van der Waals surface area contributed by atoms with Crippen LogP contribution in [0.2, 0.25) is 0 Å². The first-order valence-electron chi connectivity index (χ1n) is 13.0. The lowest BCUT2D eigenvalue weighted by Crippen LogP contribution is -2.39. The fraction of sp³-hybridized carbons (Fsp3) is 0.219. The van der Waals surface area contributed by atoms with E-state index in [2.05, 4.69) is 52.1 Å². The second kappa shape index (κ2) is 11.8. The van der Waals surface area contributed by atoms with Gasteiger partial charge in [0, 0.05) is 0 Å². The fourth-order valence-corrected chi connectivity index (χ4v) is 6.13. The normalized spacial score (nSPS) is 15.0. The summed E-state index contributed by atoms with van der Waals surface area (Å²) in [6, 6.07) is 21.2. The molecule has 1 aromatic heterocycles. The minimum Gasteiger partial charge on any atom is -0.488 e. The van der Waals surface area contributed by atoms with Gasteiger partial charge in [0.15, 0.2) is 4.80 Å². The molecular weight excluding hydrogens is 588 g/mol. The first-order valence-corrected chi connectivity index (χ1v) is 14.6. The van der Waals surface area contributed by atoms with E-state index in [1.807, 2.05) is 55.5 Å². The van der Waals surface area contributed by atoms with Crippen molar-refractivity contribution in [1.82, 2.24) is 4.57 Å². The first kappa shape index (κ1) is 27.8. The molecule has 0 unspecified atom stereocenters. The van der Waals surface area contributed by atoms with Crippen molar-refractivity contribution in [2.24, 2.45) is 4.99 Å². The van der Waals surface area contributed by atoms with Gasteiger partial charge >= 0.3 is 5.97 Å². The molecule has 0 radical (unpaired) electrons. The molecule has 40 heavy (non-hydrogen) atoms. The summed E-state index contributed by atoms with van der Waals surface area (Å²) in [6.07, 6.45) is 1.84. The number of fused-ring (bicyclic) bond motifs is 1. The minimum absolute atomic E-state index is 0.209. The van der Waals surface area contributed by atoms with Crippen molar-refractivity contribution in [3.8, 4) is 5.75 Å². The van der Waals surface area contributed by atoms with Gasteiger partial charge in [0.25, 0.3) is 5.56 Å². The number of benzene rings is 3. The van der Waals surface area contributed by atoms with Crippen molar-refractivity contribution in [2.75, 3.05) is 6.61 Å². The van der Waals surface area contributed by atoms with E-state index < -0.39 is 12.0 Å². The predicted octanol–water partition coefficient (Wildman–Crippen LogP) is 5.76. The molecule has 0 spiro atoms. The molecule has 0 bridgehead atoms. The Labute approximate surface area is 245 Å². The first-order chi connectivity index (χ1) is 19.2. The van der Waals surface area contributed by atoms with Crippen LogP contribution in [0.25, 0.3) is 6.08 Å². The van der Waals surface area contributed by atoms with Gasteiger partial charge in [-0.25, -0.2) is 9.79 Å². The Morgan fingerprint density at radius 3 is 2.35 bits per heavy atom. The highest BCUT2D eigenvalue weighted by Gasteiger charge is 2.33. The molecule has 0 N–H and O–H groups in total. The van der Waals surface area contributed by atoms with Gasteiger partial charge < -0.3 is 9.47 Å². The Bertz CT molecular complexity index is 1780. The third-order valence-corrected chi connectivity index (χ3v) is 8.28. The number of hydrogen-bond donors (Lipinski definition) is 0. The molecule has 1 aliphatic heterocycles. The minimum atomic E-state index is -0.623. The number of carbonyl (C=O) groups is 1. The maximum absolute atomic E-state index is 13.8. The summed E-state index contributed by atoms with van der Waals surface area (Å²) in [7, 11) is 0. The Morgan fingerprint density at radius 2 is 1.70 bits per heavy atom. The van der Waals surface area contributed by atoms with E-state index >= 15 is 0 Å². The molecular formula is C32H29BrN2O4S. The molecule has 2 heterocycles. The van der Waals surface area contributed by atoms with Gasteiger partial charge in [0.2, 0.25) is 0 Å². The molecule has 4 aromatic rings. The van der Waals surface area contributed by atoms with Crippen molar-refractivity contribution in [3.63, 3.8) is 0 Å². The van der Waals surface area contributed by atoms with E-state index in [4.69, 9.17) is 9.47 Å². The fourth-order valence-electron chi connectivity index (χ4n) is 4.58. The molecule has 3 aromatic carbocycles. The van der Waals surface area contributed by atoms with Gasteiger partial charge in [-0.15, -0.1) is 0 Å². The topological polar surface area (TPSA) is 69.9 Å². The maximum Gasteiger partial charge on any atom is 0.338 e. The number of halogens is 1. The van der Waals surface area contributed by atoms with Gasteiger partial charge in [-0.3, -0.25) is 9.36 Å². The third-order valence-electron chi connectivity index (χ3n) is 6.68. The second-order valence-corrected chi connectivity index (χ2v) is 11.5. The van der Waals surface area contributed by atoms with E-state index in [-0.39, 0.29) is 12.2 Å². The molecule has 0 aliphatic carbocycles. The van der Waals surface area contributed by atoms with Gasteiger partial charge in [0.05, 0.1) is 32.9 Å². The summed E-state index contributed by atoms with van der Waals surface area (Å²) < 4.78 is 14.3. The van der Waals surface area contributed by atoms with Crippen LogP contribution in [0.5, 0.6) is 5.75 Å². The van der Waals surface area contributed by atoms with Gasteiger partial charge in [-0.05, 0) is 78.5 Å². The van der Waals surface area contributed by atoms with Crippen molar-refractivity contribution in [2.45, 2.75) is 40.3 Å². The molecule has 0 saturated heterocycles. The Balaban J connectivity index is 1.51. The third kappa shape index (κ3) is 5.74. The number of allylic oxidation sites excluding steroid dienone is 1. The summed E-state index contributed by atoms with van der Waals surface area (Å²) in [6.45, 7) is 8.30. The monoisotopic (exact) mass is 616 g/mol. The molecule has 0 saturated carbocycles. The SMILES string of the molecule is CCOC(=O)C1=C(C)N=c2s/c(=C/c3ccc(OCc4ccc(C)cc4)c(Br)c3)c(=O)n2[C@@H]1c1ccc(C)cc1. The largest absolute Gasteiger partial charge is 0.488 e. The van der Waals surface area contributed by atoms with Crippen molar-refractivity contribution in [1.29, 1.82) is 0 Å². The average molecular weight is 618 g/mol. The zero-order chi connectivity index (χ0) is 28.4. The lowest BCUT2D eigenvalue weighted by Gasteiger charge is -2.24. The van der Waals surface area contributed by atoms with Crippen LogP contribution < -0.4 is 19.6 Å². The second-order valence-electron chi connectivity index (χ2n) is 9.68. The number of carbonyl (C=O) groups excluding carboxylic acids is 1. The maximum atomic E-state index is 13.8. The summed E-state index contributed by atoms with van der Waals surface area (Å²) in [5.41, 5.74) is 5.77. The number of aryl methyl sites for hydroxylation is 2. The Morgan fingerprint density at radius 1 is 1.02 bits per heavy atom. The van der Waals surface area contributed by atoms with Crippen LogP contribution in [0.4, 0.5) is 0 Å². The molecule has 0 amide bonds. The number of thiazole rings is 1. The number of ether oxygens (including phenoxy) is 2. The molecule has 0 fully saturated rings. The summed E-state index contributed by atoms with van der Waals surface area (Å²) in [5, 5.41) is 0. The van der Waals surface area contributed by atoms with Crippen LogP contribution in [-0.4, -0.2) is 17.1 Å². The zero-order valence-electron chi connectivity index (χ0n) is 22.7. The Hall–Kier alpha value is -3.75.